The van der Waals surface area contributed by atoms with E-state index in [1.807, 2.05) is 28.0 Å². The van der Waals surface area contributed by atoms with E-state index in [1.165, 1.54) is 12.1 Å². The summed E-state index contributed by atoms with van der Waals surface area (Å²) in [6.07, 6.45) is -2.60. The zero-order chi connectivity index (χ0) is 19.7. The second kappa shape index (κ2) is 7.43. The van der Waals surface area contributed by atoms with Crippen molar-refractivity contribution in [2.24, 2.45) is 0 Å². The molecule has 0 radical (unpaired) electrons. The quantitative estimate of drug-likeness (QED) is 0.805. The van der Waals surface area contributed by atoms with Crippen molar-refractivity contribution in [3.8, 4) is 0 Å². The van der Waals surface area contributed by atoms with Crippen LogP contribution in [0.5, 0.6) is 0 Å². The lowest BCUT2D eigenvalue weighted by atomic mass is 10.1. The van der Waals surface area contributed by atoms with Crippen LogP contribution in [-0.4, -0.2) is 57.9 Å². The highest BCUT2D eigenvalue weighted by Crippen LogP contribution is 2.29. The molecule has 2 fully saturated rings. The molecule has 0 bridgehead atoms. The normalized spacial score (nSPS) is 20.5. The first-order chi connectivity index (χ1) is 13.4. The molecule has 2 aliphatic rings. The summed E-state index contributed by atoms with van der Waals surface area (Å²) in [5, 5.41) is 0. The summed E-state index contributed by atoms with van der Waals surface area (Å²) in [5.74, 6) is 0. The summed E-state index contributed by atoms with van der Waals surface area (Å²) >= 11 is 0. The van der Waals surface area contributed by atoms with Gasteiger partial charge >= 0.3 is 12.2 Å². The first-order valence-corrected chi connectivity index (χ1v) is 9.24. The van der Waals surface area contributed by atoms with E-state index >= 15 is 0 Å². The highest BCUT2D eigenvalue weighted by molar-refractivity contribution is 5.77. The number of amides is 2. The van der Waals surface area contributed by atoms with Crippen molar-refractivity contribution in [1.29, 1.82) is 0 Å². The Morgan fingerprint density at radius 3 is 2.46 bits per heavy atom. The van der Waals surface area contributed by atoms with E-state index < -0.39 is 11.7 Å². The lowest BCUT2D eigenvalue weighted by molar-refractivity contribution is -0.137. The topological polar surface area (TPSA) is 39.7 Å². The fourth-order valence-electron chi connectivity index (χ4n) is 3.86. The molecule has 148 valence electrons. The number of alkyl halides is 3. The fraction of sp³-hybridized carbons (Fsp3) is 0.400. The minimum Gasteiger partial charge on any atom is -0.317 e. The smallest absolute Gasteiger partial charge is 0.317 e. The Balaban J connectivity index is 1.36. The summed E-state index contributed by atoms with van der Waals surface area (Å²) in [6, 6.07) is 11.1. The van der Waals surface area contributed by atoms with Gasteiger partial charge in [-0.05, 0) is 29.8 Å². The first kappa shape index (κ1) is 18.7. The van der Waals surface area contributed by atoms with Gasteiger partial charge in [0.25, 0.3) is 0 Å². The molecule has 0 spiro atoms. The Bertz CT molecular complexity index is 826. The van der Waals surface area contributed by atoms with Crippen LogP contribution in [0.15, 0.2) is 48.7 Å². The number of hydrogen-bond donors (Lipinski definition) is 0. The van der Waals surface area contributed by atoms with E-state index in [1.54, 1.807) is 6.20 Å². The van der Waals surface area contributed by atoms with E-state index in [0.717, 1.165) is 23.4 Å². The van der Waals surface area contributed by atoms with Gasteiger partial charge in [-0.3, -0.25) is 9.88 Å². The zero-order valence-electron chi connectivity index (χ0n) is 15.3. The number of hydrogen-bond acceptors (Lipinski definition) is 3. The van der Waals surface area contributed by atoms with Crippen LogP contribution in [0.25, 0.3) is 0 Å². The van der Waals surface area contributed by atoms with Crippen LogP contribution in [0.1, 0.15) is 16.8 Å². The van der Waals surface area contributed by atoms with Crippen LogP contribution in [0.3, 0.4) is 0 Å². The highest BCUT2D eigenvalue weighted by atomic mass is 19.4. The van der Waals surface area contributed by atoms with Crippen molar-refractivity contribution in [3.63, 3.8) is 0 Å². The van der Waals surface area contributed by atoms with Crippen molar-refractivity contribution in [1.82, 2.24) is 19.7 Å². The average Bonchev–Trinajstić information content (AvgIpc) is 2.97. The third-order valence-electron chi connectivity index (χ3n) is 5.28. The van der Waals surface area contributed by atoms with Gasteiger partial charge in [-0.25, -0.2) is 4.79 Å². The average molecular weight is 390 g/mol. The Kier molecular flexibility index (Phi) is 4.97. The van der Waals surface area contributed by atoms with E-state index in [-0.39, 0.29) is 12.1 Å². The van der Waals surface area contributed by atoms with E-state index in [4.69, 9.17) is 0 Å². The van der Waals surface area contributed by atoms with Gasteiger partial charge in [-0.15, -0.1) is 0 Å². The third-order valence-corrected chi connectivity index (χ3v) is 5.28. The molecule has 0 aliphatic carbocycles. The molecule has 2 aliphatic heterocycles. The Labute approximate surface area is 161 Å². The van der Waals surface area contributed by atoms with Gasteiger partial charge in [0.15, 0.2) is 0 Å². The van der Waals surface area contributed by atoms with Crippen LogP contribution in [0.4, 0.5) is 18.0 Å². The number of urea groups is 1. The molecule has 3 heterocycles. The number of pyridine rings is 1. The monoisotopic (exact) mass is 390 g/mol. The summed E-state index contributed by atoms with van der Waals surface area (Å²) in [4.78, 5) is 22.8. The molecule has 28 heavy (non-hydrogen) atoms. The number of aromatic nitrogens is 1. The van der Waals surface area contributed by atoms with E-state index in [0.29, 0.717) is 39.3 Å². The molecule has 4 rings (SSSR count). The van der Waals surface area contributed by atoms with Crippen molar-refractivity contribution in [2.45, 2.75) is 25.3 Å². The van der Waals surface area contributed by atoms with Crippen LogP contribution in [-0.2, 0) is 19.3 Å². The maximum Gasteiger partial charge on any atom is 0.416 e. The number of rotatable bonds is 4. The second-order valence-electron chi connectivity index (χ2n) is 7.26. The largest absolute Gasteiger partial charge is 0.416 e. The number of fused-ring (bicyclic) bond motifs is 1. The predicted octanol–water partition coefficient (Wildman–Crippen LogP) is 3.22. The van der Waals surface area contributed by atoms with Gasteiger partial charge in [0, 0.05) is 38.9 Å². The fourth-order valence-corrected chi connectivity index (χ4v) is 3.86. The number of carbonyl (C=O) groups is 1. The summed E-state index contributed by atoms with van der Waals surface area (Å²) in [5.41, 5.74) is 1.07. The van der Waals surface area contributed by atoms with Gasteiger partial charge in [-0.2, -0.15) is 13.2 Å². The predicted molar refractivity (Wildman–Crippen MR) is 97.3 cm³/mol. The minimum absolute atomic E-state index is 0.0323. The summed E-state index contributed by atoms with van der Waals surface area (Å²) in [7, 11) is 0. The van der Waals surface area contributed by atoms with Crippen molar-refractivity contribution in [3.05, 3.63) is 65.5 Å². The number of carbonyl (C=O) groups excluding carboxylic acids is 1. The Hall–Kier alpha value is -2.61. The molecule has 5 nitrogen and oxygen atoms in total. The number of benzene rings is 1. The van der Waals surface area contributed by atoms with Gasteiger partial charge in [0.2, 0.25) is 0 Å². The van der Waals surface area contributed by atoms with Crippen LogP contribution in [0.2, 0.25) is 0 Å². The van der Waals surface area contributed by atoms with Gasteiger partial charge < -0.3 is 9.80 Å². The number of halogens is 3. The molecule has 2 aromatic rings. The molecule has 0 N–H and O–H groups in total. The molecular formula is C20H21F3N4O. The van der Waals surface area contributed by atoms with Crippen molar-refractivity contribution < 1.29 is 18.0 Å². The number of piperazine rings is 1. The molecule has 1 atom stereocenters. The highest BCUT2D eigenvalue weighted by Gasteiger charge is 2.40. The van der Waals surface area contributed by atoms with Crippen LogP contribution in [0, 0.1) is 0 Å². The standard InChI is InChI=1S/C20H21F3N4O/c21-20(22,23)16-6-4-15(5-7-16)11-25-9-10-27-18(13-25)14-26(19(27)28)12-17-3-1-2-8-24-17/h1-8,18H,9-14H2/t18-/m1/s1. The molecular weight excluding hydrogens is 369 g/mol. The lowest BCUT2D eigenvalue weighted by Crippen LogP contribution is -2.51. The minimum atomic E-state index is -4.31. The summed E-state index contributed by atoms with van der Waals surface area (Å²) < 4.78 is 38.1. The molecule has 2 amide bonds. The molecule has 0 saturated carbocycles. The zero-order valence-corrected chi connectivity index (χ0v) is 15.3. The molecule has 2 saturated heterocycles. The van der Waals surface area contributed by atoms with Crippen molar-refractivity contribution >= 4 is 6.03 Å². The third kappa shape index (κ3) is 3.96. The van der Waals surface area contributed by atoms with Gasteiger partial charge in [-0.1, -0.05) is 18.2 Å². The van der Waals surface area contributed by atoms with Crippen LogP contribution < -0.4 is 0 Å². The molecule has 0 unspecified atom stereocenters. The molecule has 8 heteroatoms. The van der Waals surface area contributed by atoms with Gasteiger partial charge in [0.05, 0.1) is 23.8 Å². The van der Waals surface area contributed by atoms with E-state index in [2.05, 4.69) is 9.88 Å². The van der Waals surface area contributed by atoms with Gasteiger partial charge in [0.1, 0.15) is 0 Å². The first-order valence-electron chi connectivity index (χ1n) is 9.24. The molecule has 1 aromatic heterocycles. The Morgan fingerprint density at radius 2 is 1.79 bits per heavy atom. The lowest BCUT2D eigenvalue weighted by Gasteiger charge is -2.36. The maximum atomic E-state index is 12.7. The summed E-state index contributed by atoms with van der Waals surface area (Å²) in [6.45, 7) is 3.76. The van der Waals surface area contributed by atoms with E-state index in [9.17, 15) is 18.0 Å². The van der Waals surface area contributed by atoms with Crippen molar-refractivity contribution in [2.75, 3.05) is 26.2 Å². The second-order valence-corrected chi connectivity index (χ2v) is 7.26. The maximum absolute atomic E-state index is 12.7. The molecule has 1 aromatic carbocycles. The van der Waals surface area contributed by atoms with Crippen LogP contribution >= 0.6 is 0 Å². The number of nitrogens with zero attached hydrogens (tertiary/aromatic N) is 4. The Morgan fingerprint density at radius 1 is 1.00 bits per heavy atom. The SMILES string of the molecule is O=C1N(Cc2ccccn2)C[C@H]2CN(Cc3ccc(C(F)(F)F)cc3)CCN12.